The number of benzene rings is 1. The molecule has 1 aromatic carbocycles. The van der Waals surface area contributed by atoms with Crippen molar-refractivity contribution in [3.05, 3.63) is 29.8 Å². The third-order valence-electron chi connectivity index (χ3n) is 1.64. The molecule has 0 radical (unpaired) electrons. The Morgan fingerprint density at radius 2 is 2.13 bits per heavy atom. The van der Waals surface area contributed by atoms with Gasteiger partial charge < -0.3 is 15.3 Å². The Labute approximate surface area is 87.5 Å². The number of nitrogens with zero attached hydrogens (tertiary/aromatic N) is 1. The highest BCUT2D eigenvalue weighted by Crippen LogP contribution is 2.11. The summed E-state index contributed by atoms with van der Waals surface area (Å²) in [5.74, 6) is 0.143. The molecule has 2 N–H and O–H groups in total. The number of oxime groups is 1. The number of hydrogen-bond donors (Lipinski definition) is 1. The molecule has 0 heterocycles. The fourth-order valence-corrected chi connectivity index (χ4v) is 0.923. The number of rotatable bonds is 5. The van der Waals surface area contributed by atoms with Crippen molar-refractivity contribution in [2.24, 2.45) is 10.9 Å². The van der Waals surface area contributed by atoms with E-state index in [4.69, 9.17) is 15.3 Å². The minimum absolute atomic E-state index is 0.285. The van der Waals surface area contributed by atoms with Crippen LogP contribution in [0.2, 0.25) is 0 Å². The van der Waals surface area contributed by atoms with E-state index >= 15 is 0 Å². The predicted octanol–water partition coefficient (Wildman–Crippen LogP) is 0.683. The van der Waals surface area contributed by atoms with Crippen LogP contribution in [-0.2, 0) is 16.2 Å². The van der Waals surface area contributed by atoms with E-state index in [9.17, 15) is 4.79 Å². The maximum atomic E-state index is 10.3. The molecule has 0 bridgehead atoms. The second-order valence-corrected chi connectivity index (χ2v) is 2.76. The number of hydrogen-bond acceptors (Lipinski definition) is 4. The Hall–Kier alpha value is -2.04. The summed E-state index contributed by atoms with van der Waals surface area (Å²) in [6.07, 6.45) is 0.920. The largest absolute Gasteiger partial charge is 0.497 e. The molecular formula is C10H12N2O3. The van der Waals surface area contributed by atoms with Crippen LogP contribution in [0, 0.1) is 0 Å². The third-order valence-corrected chi connectivity index (χ3v) is 1.64. The first kappa shape index (κ1) is 11.0. The van der Waals surface area contributed by atoms with Gasteiger partial charge in [0.25, 0.3) is 5.91 Å². The van der Waals surface area contributed by atoms with Crippen molar-refractivity contribution in [2.45, 2.75) is 6.61 Å². The summed E-state index contributed by atoms with van der Waals surface area (Å²) >= 11 is 0. The molecule has 0 spiro atoms. The summed E-state index contributed by atoms with van der Waals surface area (Å²) in [4.78, 5) is 15.1. The van der Waals surface area contributed by atoms with Gasteiger partial charge in [-0.15, -0.1) is 0 Å². The third kappa shape index (κ3) is 4.12. The zero-order valence-electron chi connectivity index (χ0n) is 8.34. The molecule has 0 fully saturated rings. The number of methoxy groups -OCH3 is 1. The van der Waals surface area contributed by atoms with Crippen LogP contribution in [0.15, 0.2) is 29.4 Å². The van der Waals surface area contributed by atoms with Gasteiger partial charge in [-0.1, -0.05) is 17.3 Å². The van der Waals surface area contributed by atoms with Gasteiger partial charge in [0.1, 0.15) is 18.6 Å². The molecule has 1 aromatic rings. The lowest BCUT2D eigenvalue weighted by molar-refractivity contribution is -0.111. The number of nitrogens with two attached hydrogens (primary N) is 1. The summed E-state index contributed by atoms with van der Waals surface area (Å²) in [6, 6.07) is 7.32. The van der Waals surface area contributed by atoms with E-state index in [1.807, 2.05) is 24.3 Å². The van der Waals surface area contributed by atoms with Crippen molar-refractivity contribution < 1.29 is 14.4 Å². The van der Waals surface area contributed by atoms with Crippen molar-refractivity contribution in [2.75, 3.05) is 7.11 Å². The fraction of sp³-hybridized carbons (Fsp3) is 0.200. The summed E-state index contributed by atoms with van der Waals surface area (Å²) in [6.45, 7) is 0.285. The molecule has 0 saturated carbocycles. The molecule has 5 heteroatoms. The maximum absolute atomic E-state index is 10.3. The number of amides is 1. The molecule has 1 rings (SSSR count). The first-order valence-electron chi connectivity index (χ1n) is 4.30. The minimum Gasteiger partial charge on any atom is -0.497 e. The van der Waals surface area contributed by atoms with Gasteiger partial charge in [0.2, 0.25) is 0 Å². The summed E-state index contributed by atoms with van der Waals surface area (Å²) in [7, 11) is 1.60. The van der Waals surface area contributed by atoms with Gasteiger partial charge in [0, 0.05) is 0 Å². The van der Waals surface area contributed by atoms with Crippen LogP contribution in [0.1, 0.15) is 5.56 Å². The Bertz CT molecular complexity index is 346. The highest BCUT2D eigenvalue weighted by Gasteiger charge is 1.94. The summed E-state index contributed by atoms with van der Waals surface area (Å²) in [5, 5.41) is 3.38. The number of primary amides is 1. The van der Waals surface area contributed by atoms with E-state index in [1.165, 1.54) is 0 Å². The summed E-state index contributed by atoms with van der Waals surface area (Å²) < 4.78 is 4.99. The van der Waals surface area contributed by atoms with E-state index < -0.39 is 5.91 Å². The molecule has 0 aliphatic rings. The lowest BCUT2D eigenvalue weighted by Gasteiger charge is -2.01. The SMILES string of the molecule is COc1ccc(CO/N=C/C(N)=O)cc1. The van der Waals surface area contributed by atoms with Crippen molar-refractivity contribution in [3.63, 3.8) is 0 Å². The maximum Gasteiger partial charge on any atom is 0.263 e. The summed E-state index contributed by atoms with van der Waals surface area (Å²) in [5.41, 5.74) is 5.75. The normalized spacial score (nSPS) is 10.2. The van der Waals surface area contributed by atoms with Gasteiger partial charge in [0.15, 0.2) is 0 Å². The topological polar surface area (TPSA) is 73.9 Å². The Balaban J connectivity index is 2.41. The van der Waals surface area contributed by atoms with E-state index in [-0.39, 0.29) is 6.61 Å². The van der Waals surface area contributed by atoms with Crippen LogP contribution in [0.5, 0.6) is 5.75 Å². The molecule has 80 valence electrons. The lowest BCUT2D eigenvalue weighted by atomic mass is 10.2. The zero-order chi connectivity index (χ0) is 11.1. The quantitative estimate of drug-likeness (QED) is 0.571. The fourth-order valence-electron chi connectivity index (χ4n) is 0.923. The highest BCUT2D eigenvalue weighted by molar-refractivity contribution is 6.25. The molecule has 0 unspecified atom stereocenters. The predicted molar refractivity (Wildman–Crippen MR) is 55.5 cm³/mol. The molecule has 0 saturated heterocycles. The van der Waals surface area contributed by atoms with Crippen LogP contribution in [-0.4, -0.2) is 19.2 Å². The Morgan fingerprint density at radius 1 is 1.47 bits per heavy atom. The van der Waals surface area contributed by atoms with Crippen LogP contribution < -0.4 is 10.5 Å². The average Bonchev–Trinajstić information content (AvgIpc) is 2.25. The van der Waals surface area contributed by atoms with Crippen molar-refractivity contribution in [1.82, 2.24) is 0 Å². The Kier molecular flexibility index (Phi) is 4.15. The van der Waals surface area contributed by atoms with E-state index in [1.54, 1.807) is 7.11 Å². The molecule has 1 amide bonds. The second kappa shape index (κ2) is 5.64. The second-order valence-electron chi connectivity index (χ2n) is 2.76. The lowest BCUT2D eigenvalue weighted by Crippen LogP contribution is -2.11. The smallest absolute Gasteiger partial charge is 0.263 e. The first-order chi connectivity index (χ1) is 7.22. The van der Waals surface area contributed by atoms with Crippen molar-refractivity contribution >= 4 is 12.1 Å². The van der Waals surface area contributed by atoms with E-state index in [2.05, 4.69) is 5.16 Å². The van der Waals surface area contributed by atoms with Crippen LogP contribution >= 0.6 is 0 Å². The van der Waals surface area contributed by atoms with Gasteiger partial charge in [-0.3, -0.25) is 4.79 Å². The van der Waals surface area contributed by atoms with Crippen molar-refractivity contribution in [1.29, 1.82) is 0 Å². The number of ether oxygens (including phenoxy) is 1. The van der Waals surface area contributed by atoms with Gasteiger partial charge in [-0.25, -0.2) is 0 Å². The van der Waals surface area contributed by atoms with Gasteiger partial charge in [-0.2, -0.15) is 0 Å². The molecule has 0 atom stereocenters. The van der Waals surface area contributed by atoms with Gasteiger partial charge >= 0.3 is 0 Å². The molecule has 5 nitrogen and oxygen atoms in total. The van der Waals surface area contributed by atoms with Crippen LogP contribution in [0.4, 0.5) is 0 Å². The van der Waals surface area contributed by atoms with Gasteiger partial charge in [-0.05, 0) is 17.7 Å². The molecular weight excluding hydrogens is 196 g/mol. The van der Waals surface area contributed by atoms with Crippen molar-refractivity contribution in [3.8, 4) is 5.75 Å². The number of carbonyl (C=O) groups is 1. The minimum atomic E-state index is -0.635. The van der Waals surface area contributed by atoms with E-state index in [0.717, 1.165) is 17.5 Å². The van der Waals surface area contributed by atoms with Crippen LogP contribution in [0.25, 0.3) is 0 Å². The average molecular weight is 208 g/mol. The molecule has 0 aromatic heterocycles. The Morgan fingerprint density at radius 3 is 2.67 bits per heavy atom. The van der Waals surface area contributed by atoms with Gasteiger partial charge in [0.05, 0.1) is 7.11 Å². The first-order valence-corrected chi connectivity index (χ1v) is 4.30. The molecule has 15 heavy (non-hydrogen) atoms. The standard InChI is InChI=1S/C10H12N2O3/c1-14-9-4-2-8(3-5-9)7-15-12-6-10(11)13/h2-6H,7H2,1H3,(H2,11,13)/b12-6+. The number of carbonyl (C=O) groups excluding carboxylic acids is 1. The van der Waals surface area contributed by atoms with E-state index in [0.29, 0.717) is 0 Å². The molecule has 0 aliphatic carbocycles. The molecule has 0 aliphatic heterocycles. The zero-order valence-corrected chi connectivity index (χ0v) is 8.34. The van der Waals surface area contributed by atoms with Crippen LogP contribution in [0.3, 0.4) is 0 Å². The monoisotopic (exact) mass is 208 g/mol. The highest BCUT2D eigenvalue weighted by atomic mass is 16.6.